The van der Waals surface area contributed by atoms with E-state index in [0.717, 1.165) is 0 Å². The predicted octanol–water partition coefficient (Wildman–Crippen LogP) is 1.20. The second kappa shape index (κ2) is 11.3. The third kappa shape index (κ3) is 12.2. The minimum atomic E-state index is -0.711. The van der Waals surface area contributed by atoms with E-state index in [1.54, 1.807) is 34.6 Å². The highest BCUT2D eigenvalue weighted by molar-refractivity contribution is 14.0. The summed E-state index contributed by atoms with van der Waals surface area (Å²) >= 11 is 0. The van der Waals surface area contributed by atoms with Crippen LogP contribution in [0.15, 0.2) is 4.99 Å². The van der Waals surface area contributed by atoms with Gasteiger partial charge in [0.1, 0.15) is 5.60 Å². The van der Waals surface area contributed by atoms with Crippen LogP contribution in [0.1, 0.15) is 41.5 Å². The number of primary amides is 1. The maximum Gasteiger partial charge on any atom is 0.407 e. The van der Waals surface area contributed by atoms with Crippen LogP contribution in [-0.4, -0.2) is 49.7 Å². The van der Waals surface area contributed by atoms with Crippen LogP contribution in [0.5, 0.6) is 0 Å². The molecule has 142 valence electrons. The molecule has 0 unspecified atom stereocenters. The highest BCUT2D eigenvalue weighted by atomic mass is 127. The third-order valence-electron chi connectivity index (χ3n) is 2.73. The molecule has 0 aliphatic rings. The summed E-state index contributed by atoms with van der Waals surface area (Å²) < 4.78 is 5.14. The highest BCUT2D eigenvalue weighted by Crippen LogP contribution is 2.13. The lowest BCUT2D eigenvalue weighted by Crippen LogP contribution is -2.43. The van der Waals surface area contributed by atoms with Gasteiger partial charge in [-0.1, -0.05) is 0 Å². The molecule has 9 heteroatoms. The van der Waals surface area contributed by atoms with Gasteiger partial charge in [0.05, 0.1) is 12.0 Å². The lowest BCUT2D eigenvalue weighted by molar-refractivity contribution is -0.125. The van der Waals surface area contributed by atoms with Gasteiger partial charge >= 0.3 is 6.09 Å². The first-order valence-corrected chi connectivity index (χ1v) is 7.77. The van der Waals surface area contributed by atoms with Crippen molar-refractivity contribution >= 4 is 41.9 Å². The summed E-state index contributed by atoms with van der Waals surface area (Å²) in [5.41, 5.74) is 4.09. The quantitative estimate of drug-likeness (QED) is 0.198. The van der Waals surface area contributed by atoms with E-state index in [9.17, 15) is 9.59 Å². The fraction of sp³-hybridized carbons (Fsp3) is 0.800. The topological polar surface area (TPSA) is 118 Å². The third-order valence-corrected chi connectivity index (χ3v) is 2.73. The van der Waals surface area contributed by atoms with Crippen LogP contribution in [0, 0.1) is 5.41 Å². The zero-order valence-electron chi connectivity index (χ0n) is 15.5. The zero-order chi connectivity index (χ0) is 18.1. The van der Waals surface area contributed by atoms with E-state index in [2.05, 4.69) is 20.9 Å². The Morgan fingerprint density at radius 2 is 1.58 bits per heavy atom. The number of hydrogen-bond donors (Lipinski definition) is 4. The lowest BCUT2D eigenvalue weighted by Gasteiger charge is -2.20. The van der Waals surface area contributed by atoms with E-state index in [1.165, 1.54) is 0 Å². The Bertz CT molecular complexity index is 433. The van der Waals surface area contributed by atoms with Gasteiger partial charge in [0.15, 0.2) is 5.96 Å². The summed E-state index contributed by atoms with van der Waals surface area (Å²) in [5.74, 6) is 0.163. The van der Waals surface area contributed by atoms with Crippen LogP contribution in [0.25, 0.3) is 0 Å². The Morgan fingerprint density at radius 3 is 2.04 bits per heavy atom. The number of nitrogens with one attached hydrogen (secondary N) is 3. The number of carbonyl (C=O) groups excluding carboxylic acids is 2. The molecule has 5 N–H and O–H groups in total. The molecule has 0 atom stereocenters. The maximum absolute atomic E-state index is 11.5. The number of alkyl carbamates (subject to hydrolysis) is 1. The average molecular weight is 457 g/mol. The first-order valence-electron chi connectivity index (χ1n) is 7.77. The molecule has 8 nitrogen and oxygen atoms in total. The number of aliphatic imine (C=N–C) groups is 1. The average Bonchev–Trinajstić information content (AvgIpc) is 2.38. The van der Waals surface area contributed by atoms with Crippen LogP contribution in [0.3, 0.4) is 0 Å². The van der Waals surface area contributed by atoms with Crippen molar-refractivity contribution in [1.29, 1.82) is 0 Å². The summed E-state index contributed by atoms with van der Waals surface area (Å²) in [7, 11) is 0. The molecule has 0 bridgehead atoms. The van der Waals surface area contributed by atoms with Crippen LogP contribution >= 0.6 is 24.0 Å². The molecule has 0 aromatic rings. The summed E-state index contributed by atoms with van der Waals surface area (Å²) in [6, 6.07) is 0. The van der Waals surface area contributed by atoms with Crippen molar-refractivity contribution in [3.05, 3.63) is 0 Å². The van der Waals surface area contributed by atoms with Crippen molar-refractivity contribution in [3.63, 3.8) is 0 Å². The van der Waals surface area contributed by atoms with E-state index in [0.29, 0.717) is 25.6 Å². The van der Waals surface area contributed by atoms with Crippen LogP contribution in [0.4, 0.5) is 4.79 Å². The monoisotopic (exact) mass is 457 g/mol. The van der Waals surface area contributed by atoms with Crippen LogP contribution < -0.4 is 21.7 Å². The standard InChI is InChI=1S/C15H31N5O3.HI/c1-7-17-12(20-10-15(5,6)11(16)21)18-8-9-19-13(22)23-14(2,3)4;/h7-10H2,1-6H3,(H2,16,21)(H,19,22)(H2,17,18,20);1H. The Morgan fingerprint density at radius 1 is 1.04 bits per heavy atom. The van der Waals surface area contributed by atoms with E-state index >= 15 is 0 Å². The van der Waals surface area contributed by atoms with E-state index in [1.807, 2.05) is 6.92 Å². The summed E-state index contributed by atoms with van der Waals surface area (Å²) in [5, 5.41) is 8.78. The molecule has 24 heavy (non-hydrogen) atoms. The van der Waals surface area contributed by atoms with Gasteiger partial charge in [0, 0.05) is 19.6 Å². The minimum absolute atomic E-state index is 0. The summed E-state index contributed by atoms with van der Waals surface area (Å²) in [6.07, 6.45) is -0.462. The number of halogens is 1. The minimum Gasteiger partial charge on any atom is -0.444 e. The molecular weight excluding hydrogens is 425 g/mol. The van der Waals surface area contributed by atoms with E-state index < -0.39 is 23.0 Å². The van der Waals surface area contributed by atoms with E-state index in [4.69, 9.17) is 10.5 Å². The van der Waals surface area contributed by atoms with Crippen molar-refractivity contribution in [2.45, 2.75) is 47.1 Å². The maximum atomic E-state index is 11.5. The SMILES string of the molecule is CCNC(=NCC(C)(C)C(N)=O)NCCNC(=O)OC(C)(C)C.I. The molecule has 0 aromatic carbocycles. The highest BCUT2D eigenvalue weighted by Gasteiger charge is 2.24. The number of carbonyl (C=O) groups is 2. The molecule has 2 amide bonds. The van der Waals surface area contributed by atoms with Crippen LogP contribution in [0.2, 0.25) is 0 Å². The molecule has 0 saturated heterocycles. The molecule has 0 aliphatic heterocycles. The van der Waals surface area contributed by atoms with Gasteiger partial charge in [-0.15, -0.1) is 24.0 Å². The molecule has 0 rings (SSSR count). The molecule has 0 aromatic heterocycles. The Balaban J connectivity index is 0. The van der Waals surface area contributed by atoms with Gasteiger partial charge in [-0.2, -0.15) is 0 Å². The normalized spacial score (nSPS) is 12.0. The smallest absolute Gasteiger partial charge is 0.407 e. The molecule has 0 heterocycles. The number of guanidine groups is 1. The first-order chi connectivity index (χ1) is 10.5. The number of nitrogens with two attached hydrogens (primary N) is 1. The Kier molecular flexibility index (Phi) is 11.8. The molecule has 0 radical (unpaired) electrons. The Hall–Kier alpha value is -1.26. The Labute approximate surface area is 161 Å². The number of rotatable bonds is 7. The molecule has 0 fully saturated rings. The number of hydrogen-bond acceptors (Lipinski definition) is 4. The van der Waals surface area contributed by atoms with Crippen molar-refractivity contribution in [2.24, 2.45) is 16.1 Å². The van der Waals surface area contributed by atoms with E-state index in [-0.39, 0.29) is 30.5 Å². The van der Waals surface area contributed by atoms with Gasteiger partial charge in [0.25, 0.3) is 0 Å². The van der Waals surface area contributed by atoms with Crippen molar-refractivity contribution in [2.75, 3.05) is 26.2 Å². The van der Waals surface area contributed by atoms with Gasteiger partial charge in [-0.05, 0) is 41.5 Å². The van der Waals surface area contributed by atoms with Crippen molar-refractivity contribution in [3.8, 4) is 0 Å². The van der Waals surface area contributed by atoms with Crippen molar-refractivity contribution < 1.29 is 14.3 Å². The lowest BCUT2D eigenvalue weighted by atomic mass is 9.93. The molecule has 0 aliphatic carbocycles. The summed E-state index contributed by atoms with van der Waals surface area (Å²) in [6.45, 7) is 12.7. The largest absolute Gasteiger partial charge is 0.444 e. The fourth-order valence-electron chi connectivity index (χ4n) is 1.36. The number of nitrogens with zero attached hydrogens (tertiary/aromatic N) is 1. The number of amides is 2. The molecule has 0 saturated carbocycles. The van der Waals surface area contributed by atoms with Crippen LogP contribution in [-0.2, 0) is 9.53 Å². The van der Waals surface area contributed by atoms with Gasteiger partial charge in [-0.3, -0.25) is 9.79 Å². The predicted molar refractivity (Wildman–Crippen MR) is 107 cm³/mol. The second-order valence-electron chi connectivity index (χ2n) is 6.80. The molecule has 0 spiro atoms. The molecular formula is C15H32IN5O3. The first kappa shape index (κ1) is 25.0. The fourth-order valence-corrected chi connectivity index (χ4v) is 1.36. The summed E-state index contributed by atoms with van der Waals surface area (Å²) in [4.78, 5) is 27.1. The van der Waals surface area contributed by atoms with Gasteiger partial charge in [0.2, 0.25) is 5.91 Å². The van der Waals surface area contributed by atoms with Crippen molar-refractivity contribution in [1.82, 2.24) is 16.0 Å². The van der Waals surface area contributed by atoms with Gasteiger partial charge < -0.3 is 26.4 Å². The second-order valence-corrected chi connectivity index (χ2v) is 6.80. The zero-order valence-corrected chi connectivity index (χ0v) is 17.8. The number of ether oxygens (including phenoxy) is 1. The van der Waals surface area contributed by atoms with Gasteiger partial charge in [-0.25, -0.2) is 4.79 Å².